The van der Waals surface area contributed by atoms with Gasteiger partial charge in [-0.05, 0) is 12.1 Å². The fraction of sp³-hybridized carbons (Fsp3) is 0.375. The van der Waals surface area contributed by atoms with Crippen LogP contribution in [0.15, 0.2) is 36.8 Å². The monoisotopic (exact) mass is 324 g/mol. The number of aromatic nitrogens is 5. The summed E-state index contributed by atoms with van der Waals surface area (Å²) in [5.41, 5.74) is 0.872. The minimum atomic E-state index is 0.792. The van der Waals surface area contributed by atoms with Crippen molar-refractivity contribution in [3.05, 3.63) is 36.8 Å². The van der Waals surface area contributed by atoms with E-state index in [1.54, 1.807) is 10.7 Å². The lowest BCUT2D eigenvalue weighted by Crippen LogP contribution is -2.47. The number of rotatable bonds is 3. The minimum Gasteiger partial charge on any atom is -0.363 e. The van der Waals surface area contributed by atoms with Crippen molar-refractivity contribution in [2.45, 2.75) is 0 Å². The number of piperazine rings is 1. The lowest BCUT2D eigenvalue weighted by molar-refractivity contribution is 0.634. The summed E-state index contributed by atoms with van der Waals surface area (Å²) in [6, 6.07) is 5.85. The molecule has 1 aliphatic rings. The molecular weight excluding hydrogens is 304 g/mol. The van der Waals surface area contributed by atoms with E-state index in [4.69, 9.17) is 0 Å². The average Bonchev–Trinajstić information content (AvgIpc) is 3.09. The smallest absolute Gasteiger partial charge is 0.227 e. The molecule has 0 spiro atoms. The van der Waals surface area contributed by atoms with Crippen molar-refractivity contribution in [3.8, 4) is 0 Å². The Morgan fingerprint density at radius 1 is 0.917 bits per heavy atom. The molecule has 24 heavy (non-hydrogen) atoms. The molecule has 0 unspecified atom stereocenters. The molecule has 4 rings (SSSR count). The molecule has 1 aliphatic heterocycles. The van der Waals surface area contributed by atoms with Crippen molar-refractivity contribution in [1.82, 2.24) is 24.6 Å². The molecular formula is C16H20N8. The van der Waals surface area contributed by atoms with Gasteiger partial charge in [0.25, 0.3) is 0 Å². The Morgan fingerprint density at radius 3 is 2.50 bits per heavy atom. The molecule has 124 valence electrons. The summed E-state index contributed by atoms with van der Waals surface area (Å²) in [6.07, 6.45) is 5.53. The molecule has 0 atom stereocenters. The van der Waals surface area contributed by atoms with Gasteiger partial charge in [-0.1, -0.05) is 0 Å². The first-order valence-corrected chi connectivity index (χ1v) is 8.01. The average molecular weight is 324 g/mol. The number of hydrogen-bond acceptors (Lipinski definition) is 7. The molecule has 4 heterocycles. The number of anilines is 3. The van der Waals surface area contributed by atoms with E-state index in [9.17, 15) is 0 Å². The SMILES string of the molecule is CN(C)c1ccnc(N2CCN(c3ccn4nccc4n3)CC2)n1. The van der Waals surface area contributed by atoms with Crippen LogP contribution in [0.5, 0.6) is 0 Å². The lowest BCUT2D eigenvalue weighted by atomic mass is 10.3. The standard InChI is InChI=1S/C16H20N8/c1-21(2)13-3-6-17-16(20-13)23-11-9-22(10-12-23)14-5-8-24-15(19-14)4-7-18-24/h3-8H,9-12H2,1-2H3. The van der Waals surface area contributed by atoms with Crippen molar-refractivity contribution in [3.63, 3.8) is 0 Å². The van der Waals surface area contributed by atoms with Crippen LogP contribution in [0.4, 0.5) is 17.6 Å². The Morgan fingerprint density at radius 2 is 1.71 bits per heavy atom. The summed E-state index contributed by atoms with van der Waals surface area (Å²) in [5.74, 6) is 2.71. The molecule has 1 fully saturated rings. The Hall–Kier alpha value is -2.90. The van der Waals surface area contributed by atoms with Crippen LogP contribution in [0, 0.1) is 0 Å². The molecule has 0 N–H and O–H groups in total. The van der Waals surface area contributed by atoms with Crippen LogP contribution in [-0.4, -0.2) is 64.8 Å². The molecule has 0 aliphatic carbocycles. The largest absolute Gasteiger partial charge is 0.363 e. The van der Waals surface area contributed by atoms with Gasteiger partial charge in [-0.3, -0.25) is 0 Å². The molecule has 0 saturated carbocycles. The first-order valence-electron chi connectivity index (χ1n) is 8.01. The predicted octanol–water partition coefficient (Wildman–Crippen LogP) is 0.912. The van der Waals surface area contributed by atoms with E-state index in [-0.39, 0.29) is 0 Å². The summed E-state index contributed by atoms with van der Waals surface area (Å²) in [5, 5.41) is 4.19. The Labute approximate surface area is 140 Å². The number of hydrogen-bond donors (Lipinski definition) is 0. The van der Waals surface area contributed by atoms with Gasteiger partial charge in [-0.15, -0.1) is 0 Å². The molecule has 0 bridgehead atoms. The van der Waals surface area contributed by atoms with E-state index < -0.39 is 0 Å². The molecule has 0 amide bonds. The fourth-order valence-corrected chi connectivity index (χ4v) is 2.85. The van der Waals surface area contributed by atoms with Gasteiger partial charge in [0, 0.05) is 58.7 Å². The zero-order valence-corrected chi connectivity index (χ0v) is 13.9. The fourth-order valence-electron chi connectivity index (χ4n) is 2.85. The van der Waals surface area contributed by atoms with E-state index >= 15 is 0 Å². The maximum atomic E-state index is 4.66. The van der Waals surface area contributed by atoms with E-state index in [0.29, 0.717) is 0 Å². The van der Waals surface area contributed by atoms with Crippen molar-refractivity contribution < 1.29 is 0 Å². The highest BCUT2D eigenvalue weighted by molar-refractivity contribution is 5.49. The maximum absolute atomic E-state index is 4.66. The van der Waals surface area contributed by atoms with Crippen LogP contribution in [-0.2, 0) is 0 Å². The summed E-state index contributed by atoms with van der Waals surface area (Å²) in [7, 11) is 3.98. The second kappa shape index (κ2) is 5.95. The third-order valence-electron chi connectivity index (χ3n) is 4.22. The Balaban J connectivity index is 1.47. The minimum absolute atomic E-state index is 0.792. The molecule has 3 aromatic heterocycles. The van der Waals surface area contributed by atoms with Gasteiger partial charge in [-0.25, -0.2) is 14.5 Å². The highest BCUT2D eigenvalue weighted by Gasteiger charge is 2.20. The molecule has 1 saturated heterocycles. The van der Waals surface area contributed by atoms with Gasteiger partial charge in [0.1, 0.15) is 11.6 Å². The summed E-state index contributed by atoms with van der Waals surface area (Å²) in [6.45, 7) is 3.55. The summed E-state index contributed by atoms with van der Waals surface area (Å²) >= 11 is 0. The predicted molar refractivity (Wildman–Crippen MR) is 93.8 cm³/mol. The Bertz CT molecular complexity index is 835. The molecule has 8 nitrogen and oxygen atoms in total. The third-order valence-corrected chi connectivity index (χ3v) is 4.22. The highest BCUT2D eigenvalue weighted by atomic mass is 15.3. The lowest BCUT2D eigenvalue weighted by Gasteiger charge is -2.35. The van der Waals surface area contributed by atoms with Gasteiger partial charge in [-0.2, -0.15) is 10.1 Å². The normalized spacial score (nSPS) is 15.1. The second-order valence-electron chi connectivity index (χ2n) is 6.00. The third kappa shape index (κ3) is 2.70. The van der Waals surface area contributed by atoms with E-state index in [2.05, 4.69) is 29.9 Å². The number of nitrogens with zero attached hydrogens (tertiary/aromatic N) is 8. The first-order chi connectivity index (χ1) is 11.7. The van der Waals surface area contributed by atoms with Gasteiger partial charge in [0.15, 0.2) is 5.65 Å². The molecule has 0 aromatic carbocycles. The number of fused-ring (bicyclic) bond motifs is 1. The zero-order chi connectivity index (χ0) is 16.5. The van der Waals surface area contributed by atoms with Crippen molar-refractivity contribution in [2.75, 3.05) is 55.0 Å². The summed E-state index contributed by atoms with van der Waals surface area (Å²) in [4.78, 5) is 20.2. The van der Waals surface area contributed by atoms with E-state index in [0.717, 1.165) is 49.4 Å². The summed E-state index contributed by atoms with van der Waals surface area (Å²) < 4.78 is 1.78. The second-order valence-corrected chi connectivity index (χ2v) is 6.00. The topological polar surface area (TPSA) is 65.7 Å². The molecule has 3 aromatic rings. The van der Waals surface area contributed by atoms with Crippen LogP contribution in [0.3, 0.4) is 0 Å². The molecule has 8 heteroatoms. The van der Waals surface area contributed by atoms with Crippen molar-refractivity contribution in [2.24, 2.45) is 0 Å². The highest BCUT2D eigenvalue weighted by Crippen LogP contribution is 2.18. The van der Waals surface area contributed by atoms with Gasteiger partial charge in [0.05, 0.1) is 6.20 Å². The van der Waals surface area contributed by atoms with Gasteiger partial charge < -0.3 is 14.7 Å². The quantitative estimate of drug-likeness (QED) is 0.709. The maximum Gasteiger partial charge on any atom is 0.227 e. The Kier molecular flexibility index (Phi) is 3.64. The van der Waals surface area contributed by atoms with Crippen LogP contribution in [0.25, 0.3) is 5.65 Å². The zero-order valence-electron chi connectivity index (χ0n) is 13.9. The van der Waals surface area contributed by atoms with Crippen LogP contribution >= 0.6 is 0 Å². The van der Waals surface area contributed by atoms with Crippen molar-refractivity contribution in [1.29, 1.82) is 0 Å². The van der Waals surface area contributed by atoms with Crippen LogP contribution in [0.2, 0.25) is 0 Å². The van der Waals surface area contributed by atoms with Gasteiger partial charge in [0.2, 0.25) is 5.95 Å². The first kappa shape index (κ1) is 14.7. The van der Waals surface area contributed by atoms with Crippen LogP contribution < -0.4 is 14.7 Å². The van der Waals surface area contributed by atoms with Crippen LogP contribution in [0.1, 0.15) is 0 Å². The van der Waals surface area contributed by atoms with Gasteiger partial charge >= 0.3 is 0 Å². The molecule has 0 radical (unpaired) electrons. The van der Waals surface area contributed by atoms with Crippen molar-refractivity contribution >= 4 is 23.2 Å². The van der Waals surface area contributed by atoms with E-state index in [1.807, 2.05) is 49.6 Å². The van der Waals surface area contributed by atoms with E-state index in [1.165, 1.54) is 0 Å².